The van der Waals surface area contributed by atoms with Crippen molar-refractivity contribution >= 4 is 20.0 Å². The number of nitrogens with one attached hydrogen (secondary N) is 1. The molecule has 0 spiro atoms. The van der Waals surface area contributed by atoms with Crippen molar-refractivity contribution in [3.05, 3.63) is 24.3 Å². The summed E-state index contributed by atoms with van der Waals surface area (Å²) < 4.78 is 48.5. The Morgan fingerprint density at radius 3 is 2.21 bits per heavy atom. The Bertz CT molecular complexity index is 664. The molecule has 0 radical (unpaired) electrons. The van der Waals surface area contributed by atoms with Gasteiger partial charge in [-0.3, -0.25) is 0 Å². The second-order valence-corrected chi connectivity index (χ2v) is 7.67. The van der Waals surface area contributed by atoms with Gasteiger partial charge >= 0.3 is 0 Å². The van der Waals surface area contributed by atoms with Crippen molar-refractivity contribution in [2.45, 2.75) is 9.79 Å². The fourth-order valence-electron chi connectivity index (χ4n) is 1.85. The third-order valence-corrected chi connectivity index (χ3v) is 5.65. The van der Waals surface area contributed by atoms with Crippen LogP contribution in [0.25, 0.3) is 0 Å². The van der Waals surface area contributed by atoms with E-state index in [-0.39, 0.29) is 9.79 Å². The number of piperazine rings is 1. The molecule has 0 amide bonds. The predicted octanol–water partition coefficient (Wildman–Crippen LogP) is -1.07. The van der Waals surface area contributed by atoms with Crippen LogP contribution in [-0.4, -0.2) is 47.3 Å². The molecule has 0 atom stereocenters. The number of benzene rings is 1. The maximum atomic E-state index is 12.3. The molecule has 0 aromatic heterocycles. The minimum atomic E-state index is -3.91. The van der Waals surface area contributed by atoms with Crippen molar-refractivity contribution in [3.63, 3.8) is 0 Å². The van der Waals surface area contributed by atoms with Gasteiger partial charge in [0.2, 0.25) is 20.0 Å². The Morgan fingerprint density at radius 2 is 1.63 bits per heavy atom. The zero-order chi connectivity index (χ0) is 14.1. The van der Waals surface area contributed by atoms with Crippen LogP contribution < -0.4 is 10.5 Å². The molecule has 0 aliphatic carbocycles. The molecule has 19 heavy (non-hydrogen) atoms. The van der Waals surface area contributed by atoms with Crippen LogP contribution in [0.3, 0.4) is 0 Å². The fraction of sp³-hybridized carbons (Fsp3) is 0.400. The van der Waals surface area contributed by atoms with Crippen LogP contribution in [-0.2, 0) is 20.0 Å². The highest BCUT2D eigenvalue weighted by Gasteiger charge is 2.26. The Hall–Kier alpha value is -1.00. The smallest absolute Gasteiger partial charge is 0.243 e. The van der Waals surface area contributed by atoms with Gasteiger partial charge < -0.3 is 5.32 Å². The van der Waals surface area contributed by atoms with E-state index in [1.54, 1.807) is 0 Å². The Morgan fingerprint density at radius 1 is 1.05 bits per heavy atom. The van der Waals surface area contributed by atoms with Gasteiger partial charge in [-0.2, -0.15) is 4.31 Å². The van der Waals surface area contributed by atoms with E-state index in [1.807, 2.05) is 0 Å². The van der Waals surface area contributed by atoms with Gasteiger partial charge in [-0.15, -0.1) is 0 Å². The van der Waals surface area contributed by atoms with Crippen molar-refractivity contribution in [2.75, 3.05) is 26.2 Å². The van der Waals surface area contributed by atoms with Crippen LogP contribution in [0.4, 0.5) is 0 Å². The van der Waals surface area contributed by atoms with Crippen molar-refractivity contribution in [1.82, 2.24) is 9.62 Å². The number of nitrogens with two attached hydrogens (primary N) is 1. The van der Waals surface area contributed by atoms with Gasteiger partial charge in [0.1, 0.15) is 0 Å². The standard InChI is InChI=1S/C10H15N3O4S2/c11-18(14,15)9-2-1-3-10(8-9)19(16,17)13-6-4-12-5-7-13/h1-3,8,12H,4-7H2,(H2,11,14,15). The Labute approximate surface area is 112 Å². The van der Waals surface area contributed by atoms with E-state index in [1.165, 1.54) is 22.5 Å². The lowest BCUT2D eigenvalue weighted by atomic mass is 10.4. The summed E-state index contributed by atoms with van der Waals surface area (Å²) in [7, 11) is -7.58. The van der Waals surface area contributed by atoms with E-state index in [0.717, 1.165) is 6.07 Å². The van der Waals surface area contributed by atoms with Crippen molar-refractivity contribution in [1.29, 1.82) is 0 Å². The lowest BCUT2D eigenvalue weighted by molar-refractivity contribution is 0.360. The van der Waals surface area contributed by atoms with Crippen molar-refractivity contribution in [2.24, 2.45) is 5.14 Å². The maximum Gasteiger partial charge on any atom is 0.243 e. The zero-order valence-corrected chi connectivity index (χ0v) is 11.7. The summed E-state index contributed by atoms with van der Waals surface area (Å²) >= 11 is 0. The molecule has 1 aromatic carbocycles. The summed E-state index contributed by atoms with van der Waals surface area (Å²) in [6.07, 6.45) is 0. The summed E-state index contributed by atoms with van der Waals surface area (Å²) in [6.45, 7) is 1.88. The molecular formula is C10H15N3O4S2. The van der Waals surface area contributed by atoms with E-state index in [4.69, 9.17) is 5.14 Å². The third kappa shape index (κ3) is 3.12. The molecule has 0 bridgehead atoms. The van der Waals surface area contributed by atoms with Crippen LogP contribution in [0.5, 0.6) is 0 Å². The van der Waals surface area contributed by atoms with Crippen LogP contribution in [0.1, 0.15) is 0 Å². The minimum Gasteiger partial charge on any atom is -0.314 e. The molecule has 106 valence electrons. The first-order chi connectivity index (χ1) is 8.82. The van der Waals surface area contributed by atoms with E-state index < -0.39 is 20.0 Å². The molecule has 9 heteroatoms. The molecule has 1 aromatic rings. The first kappa shape index (κ1) is 14.4. The molecule has 1 heterocycles. The SMILES string of the molecule is NS(=O)(=O)c1cccc(S(=O)(=O)N2CCNCC2)c1. The molecule has 3 N–H and O–H groups in total. The highest BCUT2D eigenvalue weighted by atomic mass is 32.2. The van der Waals surface area contributed by atoms with Gasteiger partial charge in [-0.25, -0.2) is 22.0 Å². The van der Waals surface area contributed by atoms with Crippen LogP contribution in [0, 0.1) is 0 Å². The van der Waals surface area contributed by atoms with Crippen molar-refractivity contribution in [3.8, 4) is 0 Å². The normalized spacial score (nSPS) is 18.4. The average Bonchev–Trinajstić information content (AvgIpc) is 2.39. The van der Waals surface area contributed by atoms with E-state index >= 15 is 0 Å². The summed E-state index contributed by atoms with van der Waals surface area (Å²) in [5.41, 5.74) is 0. The molecule has 7 nitrogen and oxygen atoms in total. The van der Waals surface area contributed by atoms with Gasteiger partial charge in [0.25, 0.3) is 0 Å². The average molecular weight is 305 g/mol. The van der Waals surface area contributed by atoms with Gasteiger partial charge in [0, 0.05) is 26.2 Å². The molecule has 1 fully saturated rings. The van der Waals surface area contributed by atoms with E-state index in [9.17, 15) is 16.8 Å². The van der Waals surface area contributed by atoms with Crippen molar-refractivity contribution < 1.29 is 16.8 Å². The molecule has 1 aliphatic rings. The Balaban J connectivity index is 2.41. The second kappa shape index (κ2) is 5.17. The minimum absolute atomic E-state index is 0.0547. The largest absolute Gasteiger partial charge is 0.314 e. The molecule has 0 unspecified atom stereocenters. The van der Waals surface area contributed by atoms with Gasteiger partial charge in [-0.05, 0) is 18.2 Å². The summed E-state index contributed by atoms with van der Waals surface area (Å²) in [4.78, 5) is -0.260. The third-order valence-electron chi connectivity index (χ3n) is 2.85. The topological polar surface area (TPSA) is 110 Å². The van der Waals surface area contributed by atoms with Gasteiger partial charge in [0.05, 0.1) is 9.79 Å². The first-order valence-corrected chi connectivity index (χ1v) is 8.64. The number of hydrogen-bond donors (Lipinski definition) is 2. The number of sulfonamides is 2. The molecule has 0 saturated carbocycles. The zero-order valence-electron chi connectivity index (χ0n) is 10.1. The lowest BCUT2D eigenvalue weighted by Gasteiger charge is -2.26. The predicted molar refractivity (Wildman–Crippen MR) is 69.4 cm³/mol. The lowest BCUT2D eigenvalue weighted by Crippen LogP contribution is -2.46. The number of primary sulfonamides is 1. The van der Waals surface area contributed by atoms with E-state index in [0.29, 0.717) is 26.2 Å². The second-order valence-electron chi connectivity index (χ2n) is 4.17. The molecule has 1 aliphatic heterocycles. The summed E-state index contributed by atoms with van der Waals surface area (Å²) in [5, 5.41) is 8.05. The highest BCUT2D eigenvalue weighted by Crippen LogP contribution is 2.19. The Kier molecular flexibility index (Phi) is 3.92. The summed E-state index contributed by atoms with van der Waals surface area (Å²) in [5.74, 6) is 0. The monoisotopic (exact) mass is 305 g/mol. The molecule has 2 rings (SSSR count). The fourth-order valence-corrected chi connectivity index (χ4v) is 3.97. The number of nitrogens with zero attached hydrogens (tertiary/aromatic N) is 1. The van der Waals surface area contributed by atoms with E-state index in [2.05, 4.69) is 5.32 Å². The van der Waals surface area contributed by atoms with Gasteiger partial charge in [-0.1, -0.05) is 6.07 Å². The quantitative estimate of drug-likeness (QED) is 0.739. The summed E-state index contributed by atoms with van der Waals surface area (Å²) in [6, 6.07) is 5.10. The first-order valence-electron chi connectivity index (χ1n) is 5.65. The maximum absolute atomic E-state index is 12.3. The highest BCUT2D eigenvalue weighted by molar-refractivity contribution is 7.90. The van der Waals surface area contributed by atoms with Crippen LogP contribution in [0.15, 0.2) is 34.1 Å². The number of hydrogen-bond acceptors (Lipinski definition) is 5. The van der Waals surface area contributed by atoms with Gasteiger partial charge in [0.15, 0.2) is 0 Å². The molecular weight excluding hydrogens is 290 g/mol. The number of rotatable bonds is 3. The molecule has 1 saturated heterocycles. The van der Waals surface area contributed by atoms with Crippen LogP contribution in [0.2, 0.25) is 0 Å². The van der Waals surface area contributed by atoms with Crippen LogP contribution >= 0.6 is 0 Å².